The minimum Gasteiger partial charge on any atom is -0.332 e. The van der Waals surface area contributed by atoms with Gasteiger partial charge in [-0.2, -0.15) is 10.1 Å². The van der Waals surface area contributed by atoms with Crippen LogP contribution in [0.15, 0.2) is 30.6 Å². The van der Waals surface area contributed by atoms with Crippen LogP contribution in [0.3, 0.4) is 0 Å². The molecule has 2 fully saturated rings. The molecule has 2 aliphatic heterocycles. The third kappa shape index (κ3) is 3.55. The molecule has 1 amide bonds. The molecule has 2 aromatic heterocycles. The van der Waals surface area contributed by atoms with E-state index in [2.05, 4.69) is 15.1 Å². The number of rotatable bonds is 3. The summed E-state index contributed by atoms with van der Waals surface area (Å²) in [6.07, 6.45) is 2.86. The Morgan fingerprint density at radius 2 is 1.94 bits per heavy atom. The minimum atomic E-state index is -2.71. The molecular formula is C21H19Cl2F2N5O. The molecule has 3 aromatic rings. The molecule has 162 valence electrons. The average molecular weight is 466 g/mol. The van der Waals surface area contributed by atoms with Crippen LogP contribution >= 0.6 is 23.2 Å². The van der Waals surface area contributed by atoms with E-state index in [4.69, 9.17) is 23.2 Å². The van der Waals surface area contributed by atoms with E-state index in [1.165, 1.54) is 16.9 Å². The number of amides is 1. The first-order valence-electron chi connectivity index (χ1n) is 10.2. The van der Waals surface area contributed by atoms with Crippen LogP contribution in [0.5, 0.6) is 0 Å². The normalized spacial score (nSPS) is 23.5. The monoisotopic (exact) mass is 465 g/mol. The Hall–Kier alpha value is -2.32. The maximum Gasteiger partial charge on any atom is 0.280 e. The van der Waals surface area contributed by atoms with E-state index in [1.807, 2.05) is 4.90 Å². The largest absolute Gasteiger partial charge is 0.332 e. The number of benzene rings is 1. The fourth-order valence-corrected chi connectivity index (χ4v) is 5.32. The zero-order chi connectivity index (χ0) is 21.7. The summed E-state index contributed by atoms with van der Waals surface area (Å²) in [5.74, 6) is -0.114. The van der Waals surface area contributed by atoms with Gasteiger partial charge < -0.3 is 4.90 Å². The number of alkyl halides is 2. The van der Waals surface area contributed by atoms with E-state index in [0.717, 1.165) is 32.1 Å². The topological polar surface area (TPSA) is 63.4 Å². The SMILES string of the molecule is O=C(c1ccc(Cl)c(Cl)c1)N1C2CCC[C@@H]1CC[C@@H]2c1cc(C(F)F)nc2ncnn12. The van der Waals surface area contributed by atoms with Crippen molar-refractivity contribution in [3.63, 3.8) is 0 Å². The highest BCUT2D eigenvalue weighted by molar-refractivity contribution is 6.42. The lowest BCUT2D eigenvalue weighted by atomic mass is 9.75. The van der Waals surface area contributed by atoms with Crippen LogP contribution < -0.4 is 0 Å². The fraction of sp³-hybridized carbons (Fsp3) is 0.429. The Labute approximate surface area is 187 Å². The van der Waals surface area contributed by atoms with Crippen molar-refractivity contribution < 1.29 is 13.6 Å². The number of fused-ring (bicyclic) bond motifs is 3. The van der Waals surface area contributed by atoms with Crippen LogP contribution in [0.25, 0.3) is 5.78 Å². The number of aromatic nitrogens is 4. The number of carbonyl (C=O) groups excluding carboxylic acids is 1. The summed E-state index contributed by atoms with van der Waals surface area (Å²) in [6.45, 7) is 0. The van der Waals surface area contributed by atoms with Gasteiger partial charge in [-0.15, -0.1) is 0 Å². The molecule has 10 heteroatoms. The van der Waals surface area contributed by atoms with Gasteiger partial charge in [0.05, 0.1) is 15.7 Å². The fourth-order valence-electron chi connectivity index (χ4n) is 5.02. The second kappa shape index (κ2) is 7.98. The molecule has 0 saturated carbocycles. The molecule has 2 aliphatic rings. The van der Waals surface area contributed by atoms with Crippen molar-refractivity contribution in [2.45, 2.75) is 56.5 Å². The molecule has 1 unspecified atom stereocenters. The van der Waals surface area contributed by atoms with Crippen molar-refractivity contribution >= 4 is 34.9 Å². The van der Waals surface area contributed by atoms with Crippen LogP contribution in [0.2, 0.25) is 10.0 Å². The molecule has 5 rings (SSSR count). The molecule has 0 spiro atoms. The van der Waals surface area contributed by atoms with Crippen molar-refractivity contribution in [1.82, 2.24) is 24.5 Å². The zero-order valence-electron chi connectivity index (χ0n) is 16.4. The predicted molar refractivity (Wildman–Crippen MR) is 112 cm³/mol. The molecule has 3 atom stereocenters. The number of halogens is 4. The molecule has 4 heterocycles. The first kappa shape index (κ1) is 20.6. The van der Waals surface area contributed by atoms with Crippen molar-refractivity contribution in [2.75, 3.05) is 0 Å². The standard InChI is InChI=1S/C21H19Cl2F2N5O/c22-14-7-4-11(8-15(14)23)20(31)29-12-2-1-3-17(29)13(6-5-12)18-9-16(19(24)25)28-21-26-10-27-30(18)21/h4,7-10,12-13,17,19H,1-3,5-6H2/t12-,13+,17?/m1/s1. The summed E-state index contributed by atoms with van der Waals surface area (Å²) < 4.78 is 28.5. The number of piperidine rings is 2. The maximum absolute atomic E-state index is 13.5. The number of nitrogens with zero attached hydrogens (tertiary/aromatic N) is 5. The van der Waals surface area contributed by atoms with E-state index < -0.39 is 6.43 Å². The van der Waals surface area contributed by atoms with E-state index in [1.54, 1.807) is 18.2 Å². The van der Waals surface area contributed by atoms with Crippen LogP contribution in [-0.4, -0.2) is 42.5 Å². The first-order valence-corrected chi connectivity index (χ1v) is 11.0. The molecule has 2 bridgehead atoms. The van der Waals surface area contributed by atoms with Crippen LogP contribution in [0, 0.1) is 0 Å². The average Bonchev–Trinajstić information content (AvgIpc) is 3.23. The zero-order valence-corrected chi connectivity index (χ0v) is 17.9. The van der Waals surface area contributed by atoms with Gasteiger partial charge in [0.25, 0.3) is 18.1 Å². The van der Waals surface area contributed by atoms with E-state index >= 15 is 0 Å². The highest BCUT2D eigenvalue weighted by atomic mass is 35.5. The van der Waals surface area contributed by atoms with Crippen LogP contribution in [0.1, 0.15) is 66.2 Å². The van der Waals surface area contributed by atoms with Gasteiger partial charge in [0.1, 0.15) is 12.0 Å². The van der Waals surface area contributed by atoms with Gasteiger partial charge in [-0.05, 0) is 56.4 Å². The lowest BCUT2D eigenvalue weighted by Crippen LogP contribution is -2.55. The molecule has 0 N–H and O–H groups in total. The molecule has 0 radical (unpaired) electrons. The summed E-state index contributed by atoms with van der Waals surface area (Å²) >= 11 is 12.2. The highest BCUT2D eigenvalue weighted by Crippen LogP contribution is 2.43. The van der Waals surface area contributed by atoms with E-state index in [0.29, 0.717) is 21.3 Å². The van der Waals surface area contributed by atoms with E-state index in [-0.39, 0.29) is 35.4 Å². The Kier molecular flexibility index (Phi) is 5.30. The Morgan fingerprint density at radius 1 is 1.10 bits per heavy atom. The van der Waals surface area contributed by atoms with E-state index in [9.17, 15) is 13.6 Å². The van der Waals surface area contributed by atoms with Crippen LogP contribution in [-0.2, 0) is 0 Å². The molecule has 0 aliphatic carbocycles. The van der Waals surface area contributed by atoms with Crippen molar-refractivity contribution in [3.05, 3.63) is 57.6 Å². The summed E-state index contributed by atoms with van der Waals surface area (Å²) in [4.78, 5) is 23.4. The third-order valence-electron chi connectivity index (χ3n) is 6.37. The highest BCUT2D eigenvalue weighted by Gasteiger charge is 2.44. The summed E-state index contributed by atoms with van der Waals surface area (Å²) in [5.41, 5.74) is 0.770. The van der Waals surface area contributed by atoms with Gasteiger partial charge in [-0.3, -0.25) is 4.79 Å². The van der Waals surface area contributed by atoms with Crippen molar-refractivity contribution in [2.24, 2.45) is 0 Å². The van der Waals surface area contributed by atoms with Gasteiger partial charge in [0.2, 0.25) is 0 Å². The molecule has 6 nitrogen and oxygen atoms in total. The molecule has 2 saturated heterocycles. The molecular weight excluding hydrogens is 447 g/mol. The second-order valence-electron chi connectivity index (χ2n) is 8.06. The number of carbonyl (C=O) groups is 1. The number of hydrogen-bond acceptors (Lipinski definition) is 4. The van der Waals surface area contributed by atoms with Crippen molar-refractivity contribution in [1.29, 1.82) is 0 Å². The predicted octanol–water partition coefficient (Wildman–Crippen LogP) is 5.31. The van der Waals surface area contributed by atoms with Gasteiger partial charge in [-0.1, -0.05) is 23.2 Å². The quantitative estimate of drug-likeness (QED) is 0.525. The lowest BCUT2D eigenvalue weighted by molar-refractivity contribution is 0.0198. The maximum atomic E-state index is 13.5. The Morgan fingerprint density at radius 3 is 2.71 bits per heavy atom. The van der Waals surface area contributed by atoms with Crippen LogP contribution in [0.4, 0.5) is 8.78 Å². The van der Waals surface area contributed by atoms with Gasteiger partial charge >= 0.3 is 0 Å². The molecule has 1 aromatic carbocycles. The van der Waals surface area contributed by atoms with Gasteiger partial charge in [0.15, 0.2) is 0 Å². The lowest BCUT2D eigenvalue weighted by Gasteiger charge is -2.50. The smallest absolute Gasteiger partial charge is 0.280 e. The minimum absolute atomic E-state index is 0.111. The summed E-state index contributed by atoms with van der Waals surface area (Å²) in [6, 6.07) is 6.27. The molecule has 31 heavy (non-hydrogen) atoms. The van der Waals surface area contributed by atoms with Gasteiger partial charge in [0, 0.05) is 23.6 Å². The van der Waals surface area contributed by atoms with Gasteiger partial charge in [-0.25, -0.2) is 18.3 Å². The Bertz CT molecular complexity index is 1150. The second-order valence-corrected chi connectivity index (χ2v) is 8.87. The number of hydrogen-bond donors (Lipinski definition) is 0. The summed E-state index contributed by atoms with van der Waals surface area (Å²) in [7, 11) is 0. The first-order chi connectivity index (χ1) is 14.9. The van der Waals surface area contributed by atoms with Crippen molar-refractivity contribution in [3.8, 4) is 0 Å². The third-order valence-corrected chi connectivity index (χ3v) is 7.11. The Balaban J connectivity index is 1.56. The summed E-state index contributed by atoms with van der Waals surface area (Å²) in [5, 5.41) is 4.93.